The number of aromatic amines is 1. The lowest BCUT2D eigenvalue weighted by Crippen LogP contribution is -2.42. The highest BCUT2D eigenvalue weighted by molar-refractivity contribution is 5.85. The zero-order valence-corrected chi connectivity index (χ0v) is 16.3. The quantitative estimate of drug-likeness (QED) is 0.650. The van der Waals surface area contributed by atoms with Crippen molar-refractivity contribution in [2.75, 3.05) is 33.4 Å². The van der Waals surface area contributed by atoms with Crippen molar-refractivity contribution in [2.45, 2.75) is 38.6 Å². The summed E-state index contributed by atoms with van der Waals surface area (Å²) in [6.07, 6.45) is 5.13. The van der Waals surface area contributed by atoms with Gasteiger partial charge < -0.3 is 19.9 Å². The van der Waals surface area contributed by atoms with E-state index in [1.807, 2.05) is 0 Å². The number of ether oxygens (including phenoxy) is 1. The molecule has 1 saturated heterocycles. The van der Waals surface area contributed by atoms with E-state index >= 15 is 0 Å². The van der Waals surface area contributed by atoms with Gasteiger partial charge in [0.2, 0.25) is 5.91 Å². The molecule has 0 bridgehead atoms. The summed E-state index contributed by atoms with van der Waals surface area (Å²) in [6, 6.07) is 0.181. The summed E-state index contributed by atoms with van der Waals surface area (Å²) in [5.41, 5.74) is 0.190. The number of halogens is 1. The molecular weight excluding hydrogens is 356 g/mol. The maximum absolute atomic E-state index is 12.4. The Morgan fingerprint density at radius 2 is 2.19 bits per heavy atom. The molecule has 1 aliphatic carbocycles. The average molecular weight is 385 g/mol. The van der Waals surface area contributed by atoms with Crippen LogP contribution in [0.5, 0.6) is 0 Å². The zero-order valence-electron chi connectivity index (χ0n) is 15.5. The Bertz CT molecular complexity index is 662. The van der Waals surface area contributed by atoms with E-state index in [1.54, 1.807) is 14.0 Å². The Labute approximate surface area is 160 Å². The fourth-order valence-corrected chi connectivity index (χ4v) is 3.75. The van der Waals surface area contributed by atoms with Crippen molar-refractivity contribution in [3.8, 4) is 0 Å². The highest BCUT2D eigenvalue weighted by Gasteiger charge is 2.42. The number of hydrogen-bond donors (Lipinski definition) is 2. The summed E-state index contributed by atoms with van der Waals surface area (Å²) < 4.78 is 5.13. The largest absolute Gasteiger partial charge is 0.385 e. The topological polar surface area (TPSA) is 87.3 Å². The van der Waals surface area contributed by atoms with E-state index in [0.29, 0.717) is 17.3 Å². The Hall–Kier alpha value is -1.44. The molecule has 3 rings (SSSR count). The summed E-state index contributed by atoms with van der Waals surface area (Å²) in [5.74, 6) is 1.74. The van der Waals surface area contributed by atoms with Crippen LogP contribution in [0.15, 0.2) is 11.0 Å². The van der Waals surface area contributed by atoms with Gasteiger partial charge in [0, 0.05) is 51.2 Å². The van der Waals surface area contributed by atoms with Crippen LogP contribution in [0.1, 0.15) is 30.7 Å². The van der Waals surface area contributed by atoms with E-state index in [2.05, 4.69) is 20.2 Å². The van der Waals surface area contributed by atoms with Crippen molar-refractivity contribution < 1.29 is 9.53 Å². The summed E-state index contributed by atoms with van der Waals surface area (Å²) in [4.78, 5) is 33.5. The van der Waals surface area contributed by atoms with Crippen LogP contribution in [0.3, 0.4) is 0 Å². The van der Waals surface area contributed by atoms with Gasteiger partial charge in [0.25, 0.3) is 5.56 Å². The van der Waals surface area contributed by atoms with E-state index < -0.39 is 0 Å². The molecule has 2 N–H and O–H groups in total. The molecular formula is C18H29ClN4O3. The number of aromatic nitrogens is 2. The number of nitrogens with zero attached hydrogens (tertiary/aromatic N) is 2. The number of hydrogen-bond acceptors (Lipinski definition) is 5. The number of carbonyl (C=O) groups is 1. The van der Waals surface area contributed by atoms with Gasteiger partial charge in [-0.25, -0.2) is 4.98 Å². The highest BCUT2D eigenvalue weighted by Crippen LogP contribution is 2.41. The molecule has 2 atom stereocenters. The molecule has 0 radical (unpaired) electrons. The minimum Gasteiger partial charge on any atom is -0.385 e. The Kier molecular flexibility index (Phi) is 7.61. The first-order chi connectivity index (χ1) is 12.1. The van der Waals surface area contributed by atoms with Crippen molar-refractivity contribution >= 4 is 18.3 Å². The van der Waals surface area contributed by atoms with Gasteiger partial charge in [-0.15, -0.1) is 12.4 Å². The molecule has 26 heavy (non-hydrogen) atoms. The Morgan fingerprint density at radius 1 is 1.42 bits per heavy atom. The molecule has 1 saturated carbocycles. The molecule has 1 aromatic rings. The van der Waals surface area contributed by atoms with E-state index in [9.17, 15) is 9.59 Å². The first-order valence-corrected chi connectivity index (χ1v) is 9.12. The molecule has 0 spiro atoms. The number of H-pyrrole nitrogens is 1. The van der Waals surface area contributed by atoms with Gasteiger partial charge in [0.15, 0.2) is 0 Å². The van der Waals surface area contributed by atoms with Crippen molar-refractivity contribution in [1.82, 2.24) is 20.2 Å². The smallest absolute Gasteiger partial charge is 0.254 e. The van der Waals surface area contributed by atoms with Crippen LogP contribution < -0.4 is 10.9 Å². The predicted octanol–water partition coefficient (Wildman–Crippen LogP) is 0.906. The number of likely N-dealkylation sites (tertiary alicyclic amines) is 1. The first-order valence-electron chi connectivity index (χ1n) is 9.12. The molecule has 2 heterocycles. The van der Waals surface area contributed by atoms with Crippen LogP contribution in [0.2, 0.25) is 0 Å². The number of methoxy groups -OCH3 is 1. The van der Waals surface area contributed by atoms with Crippen LogP contribution in [0.25, 0.3) is 0 Å². The minimum absolute atomic E-state index is 0. The monoisotopic (exact) mass is 384 g/mol. The molecule has 0 unspecified atom stereocenters. The zero-order chi connectivity index (χ0) is 17.8. The van der Waals surface area contributed by atoms with Crippen molar-refractivity contribution in [3.63, 3.8) is 0 Å². The summed E-state index contributed by atoms with van der Waals surface area (Å²) in [6.45, 7) is 5.43. The Morgan fingerprint density at radius 3 is 2.85 bits per heavy atom. The van der Waals surface area contributed by atoms with Crippen molar-refractivity contribution in [2.24, 2.45) is 11.8 Å². The summed E-state index contributed by atoms with van der Waals surface area (Å²) in [5, 5.41) is 3.17. The van der Waals surface area contributed by atoms with Gasteiger partial charge in [-0.3, -0.25) is 9.59 Å². The van der Waals surface area contributed by atoms with Crippen LogP contribution >= 0.6 is 12.4 Å². The van der Waals surface area contributed by atoms with Gasteiger partial charge in [0.05, 0.1) is 6.42 Å². The molecule has 2 fully saturated rings. The van der Waals surface area contributed by atoms with Crippen LogP contribution in [0, 0.1) is 18.8 Å². The summed E-state index contributed by atoms with van der Waals surface area (Å²) in [7, 11) is 1.72. The summed E-state index contributed by atoms with van der Waals surface area (Å²) >= 11 is 0. The second kappa shape index (κ2) is 9.48. The van der Waals surface area contributed by atoms with E-state index in [1.165, 1.54) is 19.0 Å². The van der Waals surface area contributed by atoms with Gasteiger partial charge in [0.1, 0.15) is 5.82 Å². The third-order valence-corrected chi connectivity index (χ3v) is 5.19. The number of aryl methyl sites for hydroxylation is 1. The first kappa shape index (κ1) is 20.9. The molecule has 1 aliphatic heterocycles. The van der Waals surface area contributed by atoms with Gasteiger partial charge >= 0.3 is 0 Å². The number of carbonyl (C=O) groups excluding carboxylic acids is 1. The number of nitrogens with one attached hydrogen (secondary N) is 2. The molecule has 7 nitrogen and oxygen atoms in total. The molecule has 8 heteroatoms. The van der Waals surface area contributed by atoms with E-state index in [4.69, 9.17) is 4.74 Å². The lowest BCUT2D eigenvalue weighted by molar-refractivity contribution is -0.121. The molecule has 2 aliphatic rings. The highest BCUT2D eigenvalue weighted by atomic mass is 35.5. The number of rotatable bonds is 8. The lowest BCUT2D eigenvalue weighted by atomic mass is 9.98. The second-order valence-electron chi connectivity index (χ2n) is 7.28. The SMILES string of the molecule is COCCCN1C[C@H](NC(=O)Cc2cnc(C)[nH]c2=O)[C@@H](C2CC2)C1.Cl. The second-order valence-corrected chi connectivity index (χ2v) is 7.28. The van der Waals surface area contributed by atoms with E-state index in [0.717, 1.165) is 38.6 Å². The maximum atomic E-state index is 12.4. The number of amides is 1. The third-order valence-electron chi connectivity index (χ3n) is 5.19. The van der Waals surface area contributed by atoms with Crippen molar-refractivity contribution in [3.05, 3.63) is 27.9 Å². The van der Waals surface area contributed by atoms with Crippen LogP contribution in [-0.2, 0) is 16.0 Å². The Balaban J connectivity index is 0.00000243. The lowest BCUT2D eigenvalue weighted by Gasteiger charge is -2.19. The molecule has 1 amide bonds. The fraction of sp³-hybridized carbons (Fsp3) is 0.722. The van der Waals surface area contributed by atoms with Crippen LogP contribution in [0.4, 0.5) is 0 Å². The predicted molar refractivity (Wildman–Crippen MR) is 102 cm³/mol. The van der Waals surface area contributed by atoms with Crippen LogP contribution in [-0.4, -0.2) is 60.2 Å². The molecule has 0 aromatic carbocycles. The van der Waals surface area contributed by atoms with Gasteiger partial charge in [-0.05, 0) is 38.0 Å². The molecule has 146 valence electrons. The average Bonchev–Trinajstić information content (AvgIpc) is 3.33. The third kappa shape index (κ3) is 5.53. The van der Waals surface area contributed by atoms with E-state index in [-0.39, 0.29) is 36.3 Å². The van der Waals surface area contributed by atoms with Crippen molar-refractivity contribution in [1.29, 1.82) is 0 Å². The van der Waals surface area contributed by atoms with Gasteiger partial charge in [-0.1, -0.05) is 0 Å². The fourth-order valence-electron chi connectivity index (χ4n) is 3.75. The minimum atomic E-state index is -0.228. The normalized spacial score (nSPS) is 22.8. The molecule has 1 aromatic heterocycles. The van der Waals surface area contributed by atoms with Gasteiger partial charge in [-0.2, -0.15) is 0 Å². The maximum Gasteiger partial charge on any atom is 0.254 e. The standard InChI is InChI=1S/C18H28N4O3.ClH/c1-12-19-9-14(18(24)20-12)8-17(23)21-16-11-22(6-3-7-25-2)10-15(16)13-4-5-13;/h9,13,15-16H,3-8,10-11H2,1-2H3,(H,21,23)(H,19,20,24);1H/t15-,16+;/m1./s1.